The molecule has 252 valence electrons. The highest BCUT2D eigenvalue weighted by Gasteiger charge is 2.23. The van der Waals surface area contributed by atoms with Gasteiger partial charge in [0.15, 0.2) is 0 Å². The largest absolute Gasteiger partial charge is 0.463 e. The summed E-state index contributed by atoms with van der Waals surface area (Å²) in [6.45, 7) is 21.4. The molecule has 0 aliphatic heterocycles. The monoisotopic (exact) mass is 620 g/mol. The number of nitrogens with one attached hydrogen (secondary N) is 2. The van der Waals surface area contributed by atoms with Crippen LogP contribution in [0.25, 0.3) is 0 Å². The first-order valence-electron chi connectivity index (χ1n) is 14.7. The molecule has 0 bridgehead atoms. The molecule has 0 fully saturated rings. The van der Waals surface area contributed by atoms with E-state index in [4.69, 9.17) is 33.2 Å². The van der Waals surface area contributed by atoms with Crippen LogP contribution in [0.1, 0.15) is 82.1 Å². The van der Waals surface area contributed by atoms with Gasteiger partial charge in [0.1, 0.15) is 24.4 Å². The highest BCUT2D eigenvalue weighted by Crippen LogP contribution is 2.20. The minimum atomic E-state index is -0.599. The molecule has 2 N–H and O–H groups in total. The summed E-state index contributed by atoms with van der Waals surface area (Å²) in [5.74, 6) is -0.866. The van der Waals surface area contributed by atoms with Crippen LogP contribution in [-0.4, -0.2) is 101 Å². The van der Waals surface area contributed by atoms with E-state index in [1.165, 1.54) is 0 Å². The third kappa shape index (κ3) is 26.7. The molecule has 0 rings (SSSR count). The van der Waals surface area contributed by atoms with Crippen LogP contribution in [0, 0.1) is 10.8 Å². The van der Waals surface area contributed by atoms with Gasteiger partial charge in [-0.25, -0.2) is 9.59 Å². The fourth-order valence-corrected chi connectivity index (χ4v) is 3.12. The first kappa shape index (κ1) is 40.4. The Kier molecular flexibility index (Phi) is 18.4. The first-order valence-corrected chi connectivity index (χ1v) is 14.7. The summed E-state index contributed by atoms with van der Waals surface area (Å²) in [6, 6.07) is 0. The van der Waals surface area contributed by atoms with E-state index in [9.17, 15) is 19.2 Å². The lowest BCUT2D eigenvalue weighted by atomic mass is 9.94. The van der Waals surface area contributed by atoms with Crippen LogP contribution in [0.2, 0.25) is 0 Å². The maximum absolute atomic E-state index is 11.8. The molecule has 0 saturated heterocycles. The molecule has 0 aromatic rings. The van der Waals surface area contributed by atoms with E-state index in [1.807, 2.05) is 27.7 Å². The second-order valence-corrected chi connectivity index (χ2v) is 13.7. The van der Waals surface area contributed by atoms with Crippen LogP contribution in [0.15, 0.2) is 0 Å². The Morgan fingerprint density at radius 3 is 1.14 bits per heavy atom. The summed E-state index contributed by atoms with van der Waals surface area (Å²) in [6.07, 6.45) is -1.08. The van der Waals surface area contributed by atoms with Crippen molar-refractivity contribution < 1.29 is 52.3 Å². The molecule has 0 aromatic heterocycles. The van der Waals surface area contributed by atoms with Crippen molar-refractivity contribution >= 4 is 24.1 Å². The number of rotatable bonds is 20. The molecule has 0 aromatic carbocycles. The molecular weight excluding hydrogens is 564 g/mol. The number of carbonyl (C=O) groups is 4. The predicted molar refractivity (Wildman–Crippen MR) is 160 cm³/mol. The number of amides is 2. The summed E-state index contributed by atoms with van der Waals surface area (Å²) in [5, 5.41) is 5.02. The molecule has 0 saturated carbocycles. The van der Waals surface area contributed by atoms with Gasteiger partial charge in [-0.1, -0.05) is 27.7 Å². The number of ether oxygens (including phenoxy) is 7. The molecule has 13 nitrogen and oxygen atoms in total. The van der Waals surface area contributed by atoms with E-state index < -0.39 is 35.3 Å². The van der Waals surface area contributed by atoms with Crippen LogP contribution < -0.4 is 10.6 Å². The van der Waals surface area contributed by atoms with E-state index >= 15 is 0 Å². The van der Waals surface area contributed by atoms with Crippen molar-refractivity contribution in [3.63, 3.8) is 0 Å². The Morgan fingerprint density at radius 1 is 0.488 bits per heavy atom. The van der Waals surface area contributed by atoms with Gasteiger partial charge in [-0.2, -0.15) is 0 Å². The second kappa shape index (κ2) is 19.6. The van der Waals surface area contributed by atoms with Crippen molar-refractivity contribution in [3.8, 4) is 0 Å². The van der Waals surface area contributed by atoms with Crippen molar-refractivity contribution in [1.82, 2.24) is 10.6 Å². The molecule has 0 heterocycles. The lowest BCUT2D eigenvalue weighted by Crippen LogP contribution is -2.34. The van der Waals surface area contributed by atoms with E-state index in [0.29, 0.717) is 26.4 Å². The van der Waals surface area contributed by atoms with Gasteiger partial charge in [-0.15, -0.1) is 0 Å². The summed E-state index contributed by atoms with van der Waals surface area (Å²) in [5.41, 5.74) is -1.72. The zero-order chi connectivity index (χ0) is 33.2. The second-order valence-electron chi connectivity index (χ2n) is 13.7. The van der Waals surface area contributed by atoms with E-state index in [1.54, 1.807) is 41.5 Å². The Morgan fingerprint density at radius 2 is 0.814 bits per heavy atom. The van der Waals surface area contributed by atoms with Gasteiger partial charge < -0.3 is 43.8 Å². The number of hydrogen-bond donors (Lipinski definition) is 2. The summed E-state index contributed by atoms with van der Waals surface area (Å²) in [7, 11) is 0. The highest BCUT2D eigenvalue weighted by atomic mass is 16.6. The van der Waals surface area contributed by atoms with Crippen molar-refractivity contribution in [2.24, 2.45) is 10.8 Å². The van der Waals surface area contributed by atoms with Gasteiger partial charge in [0.2, 0.25) is 0 Å². The third-order valence-electron chi connectivity index (χ3n) is 4.95. The maximum Gasteiger partial charge on any atom is 0.407 e. The minimum absolute atomic E-state index is 0.0400. The highest BCUT2D eigenvalue weighted by molar-refractivity contribution is 5.72. The molecule has 0 spiro atoms. The van der Waals surface area contributed by atoms with Crippen LogP contribution in [0.3, 0.4) is 0 Å². The molecule has 0 atom stereocenters. The molecule has 0 radical (unpaired) electrons. The van der Waals surface area contributed by atoms with Gasteiger partial charge in [0, 0.05) is 23.9 Å². The molecule has 0 aliphatic carbocycles. The smallest absolute Gasteiger partial charge is 0.407 e. The lowest BCUT2D eigenvalue weighted by Gasteiger charge is -2.29. The summed E-state index contributed by atoms with van der Waals surface area (Å²) in [4.78, 5) is 46.7. The number of alkyl carbamates (subject to hydrolysis) is 2. The van der Waals surface area contributed by atoms with Crippen LogP contribution in [0.4, 0.5) is 9.59 Å². The average molecular weight is 621 g/mol. The van der Waals surface area contributed by atoms with E-state index in [0.717, 1.165) is 0 Å². The molecular formula is C30H56N2O11. The third-order valence-corrected chi connectivity index (χ3v) is 4.95. The predicted octanol–water partition coefficient (Wildman–Crippen LogP) is 4.00. The fourth-order valence-electron chi connectivity index (χ4n) is 3.12. The van der Waals surface area contributed by atoms with Gasteiger partial charge >= 0.3 is 24.1 Å². The molecule has 2 amide bonds. The molecule has 43 heavy (non-hydrogen) atoms. The van der Waals surface area contributed by atoms with Crippen molar-refractivity contribution in [2.75, 3.05) is 65.9 Å². The zero-order valence-electron chi connectivity index (χ0n) is 28.0. The van der Waals surface area contributed by atoms with Crippen LogP contribution in [0.5, 0.6) is 0 Å². The van der Waals surface area contributed by atoms with Gasteiger partial charge in [-0.05, 0) is 41.5 Å². The minimum Gasteiger partial charge on any atom is -0.463 e. The Hall–Kier alpha value is -2.64. The topological polar surface area (TPSA) is 157 Å². The quantitative estimate of drug-likeness (QED) is 0.115. The fraction of sp³-hybridized carbons (Fsp3) is 0.867. The van der Waals surface area contributed by atoms with Crippen molar-refractivity contribution in [3.05, 3.63) is 0 Å². The standard InChI is InChI=1S/C30H56N2O11/c1-27(2,3)42-25(35)31-13-11-23(33)40-17-15-37-19-29(7,8)21-39-22-30(9,10)20-38-16-18-41-24(34)12-14-32-26(36)43-28(4,5)6/h11-22H2,1-10H3,(H,31,35)(H,32,36). The van der Waals surface area contributed by atoms with Gasteiger partial charge in [0.05, 0.1) is 52.5 Å². The maximum atomic E-state index is 11.8. The molecule has 0 unspecified atom stereocenters. The lowest BCUT2D eigenvalue weighted by molar-refractivity contribution is -0.146. The SMILES string of the molecule is CC(C)(COCCOC(=O)CCNC(=O)OC(C)(C)C)COCC(C)(C)COCCOC(=O)CCNC(=O)OC(C)(C)C. The Balaban J connectivity index is 3.91. The van der Waals surface area contributed by atoms with Crippen LogP contribution >= 0.6 is 0 Å². The first-order chi connectivity index (χ1) is 19.7. The van der Waals surface area contributed by atoms with Crippen LogP contribution in [-0.2, 0) is 42.7 Å². The Labute approximate surface area is 257 Å². The van der Waals surface area contributed by atoms with E-state index in [-0.39, 0.29) is 63.2 Å². The van der Waals surface area contributed by atoms with E-state index in [2.05, 4.69) is 10.6 Å². The van der Waals surface area contributed by atoms with Gasteiger partial charge in [0.25, 0.3) is 0 Å². The summed E-state index contributed by atoms with van der Waals surface area (Å²) < 4.78 is 37.7. The molecule has 13 heteroatoms. The van der Waals surface area contributed by atoms with Crippen molar-refractivity contribution in [2.45, 2.75) is 93.3 Å². The molecule has 0 aliphatic rings. The normalized spacial score (nSPS) is 12.3. The zero-order valence-corrected chi connectivity index (χ0v) is 28.0. The number of carbonyl (C=O) groups excluding carboxylic acids is 4. The Bertz CT molecular complexity index is 778. The average Bonchev–Trinajstić information content (AvgIpc) is 2.81. The number of esters is 2. The number of hydrogen-bond acceptors (Lipinski definition) is 11. The van der Waals surface area contributed by atoms with Crippen molar-refractivity contribution in [1.29, 1.82) is 0 Å². The summed E-state index contributed by atoms with van der Waals surface area (Å²) >= 11 is 0. The van der Waals surface area contributed by atoms with Gasteiger partial charge in [-0.3, -0.25) is 9.59 Å².